The maximum Gasteiger partial charge on any atom is 0.323 e. The first kappa shape index (κ1) is 17.9. The summed E-state index contributed by atoms with van der Waals surface area (Å²) in [6, 6.07) is 3.80. The number of fused-ring (bicyclic) bond motifs is 1. The van der Waals surface area contributed by atoms with Gasteiger partial charge in [0.25, 0.3) is 5.92 Å². The summed E-state index contributed by atoms with van der Waals surface area (Å²) >= 11 is 0. The van der Waals surface area contributed by atoms with Gasteiger partial charge < -0.3 is 25.3 Å². The Hall–Kier alpha value is -3.50. The monoisotopic (exact) mass is 392 g/mol. The molecule has 28 heavy (non-hydrogen) atoms. The van der Waals surface area contributed by atoms with Crippen molar-refractivity contribution in [1.29, 1.82) is 0 Å². The molecule has 146 valence electrons. The van der Waals surface area contributed by atoms with E-state index in [1.165, 1.54) is 13.3 Å². The predicted molar refractivity (Wildman–Crippen MR) is 96.6 cm³/mol. The summed E-state index contributed by atoms with van der Waals surface area (Å²) in [7, 11) is 1.48. The Morgan fingerprint density at radius 2 is 2.11 bits per heavy atom. The molecule has 11 heteroatoms. The minimum atomic E-state index is -2.83. The molecule has 0 aromatic carbocycles. The number of ether oxygens (including phenoxy) is 1. The smallest absolute Gasteiger partial charge is 0.323 e. The van der Waals surface area contributed by atoms with E-state index in [-0.39, 0.29) is 11.5 Å². The van der Waals surface area contributed by atoms with Gasteiger partial charge in [0, 0.05) is 18.3 Å². The largest absolute Gasteiger partial charge is 0.481 e. The number of urea groups is 1. The number of hydrogen-bond acceptors (Lipinski definition) is 5. The van der Waals surface area contributed by atoms with Crippen LogP contribution in [-0.2, 0) is 0 Å². The van der Waals surface area contributed by atoms with Crippen LogP contribution in [0, 0.1) is 5.82 Å². The zero-order chi connectivity index (χ0) is 19.9. The Kier molecular flexibility index (Phi) is 4.21. The number of H-pyrrole nitrogens is 1. The van der Waals surface area contributed by atoms with E-state index in [0.29, 0.717) is 22.6 Å². The third-order valence-electron chi connectivity index (χ3n) is 4.18. The van der Waals surface area contributed by atoms with Gasteiger partial charge >= 0.3 is 6.03 Å². The van der Waals surface area contributed by atoms with Gasteiger partial charge in [0.2, 0.25) is 5.88 Å². The number of carbonyl (C=O) groups is 1. The Labute approximate surface area is 156 Å². The van der Waals surface area contributed by atoms with Crippen LogP contribution in [0.25, 0.3) is 11.0 Å². The Balaban J connectivity index is 1.45. The summed E-state index contributed by atoms with van der Waals surface area (Å²) in [5.41, 5.74) is 1.67. The zero-order valence-electron chi connectivity index (χ0n) is 14.6. The van der Waals surface area contributed by atoms with E-state index < -0.39 is 30.9 Å². The fourth-order valence-corrected chi connectivity index (χ4v) is 2.87. The number of aromatic nitrogens is 3. The molecule has 1 aliphatic rings. The number of pyridine rings is 2. The molecular formula is C17H15F3N6O2. The van der Waals surface area contributed by atoms with Crippen molar-refractivity contribution in [2.45, 2.75) is 5.92 Å². The molecule has 4 heterocycles. The second-order valence-electron chi connectivity index (χ2n) is 6.27. The van der Waals surface area contributed by atoms with Crippen molar-refractivity contribution in [3.8, 4) is 5.88 Å². The second-order valence-corrected chi connectivity index (χ2v) is 6.27. The normalized spacial score (nSPS) is 15.2. The molecule has 8 nitrogen and oxygen atoms in total. The highest BCUT2D eigenvalue weighted by Gasteiger charge is 2.45. The highest BCUT2D eigenvalue weighted by atomic mass is 19.3. The molecule has 0 bridgehead atoms. The van der Waals surface area contributed by atoms with Crippen LogP contribution in [0.2, 0.25) is 0 Å². The van der Waals surface area contributed by atoms with E-state index >= 15 is 0 Å². The first-order valence-electron chi connectivity index (χ1n) is 8.23. The molecule has 0 saturated carbocycles. The topological polar surface area (TPSA) is 95.2 Å². The number of amides is 2. The van der Waals surface area contributed by atoms with Gasteiger partial charge in [-0.25, -0.2) is 27.9 Å². The highest BCUT2D eigenvalue weighted by molar-refractivity contribution is 6.04. The maximum atomic E-state index is 14.1. The molecule has 0 radical (unpaired) electrons. The van der Waals surface area contributed by atoms with Gasteiger partial charge in [-0.05, 0) is 6.07 Å². The van der Waals surface area contributed by atoms with E-state index in [4.69, 9.17) is 4.74 Å². The Morgan fingerprint density at radius 3 is 2.79 bits per heavy atom. The first-order valence-corrected chi connectivity index (χ1v) is 8.23. The Morgan fingerprint density at radius 1 is 1.32 bits per heavy atom. The molecule has 3 aromatic heterocycles. The van der Waals surface area contributed by atoms with Crippen LogP contribution in [-0.4, -0.2) is 47.1 Å². The van der Waals surface area contributed by atoms with Crippen LogP contribution >= 0.6 is 0 Å². The number of nitrogens with one attached hydrogen (secondary N) is 3. The molecule has 1 fully saturated rings. The summed E-state index contributed by atoms with van der Waals surface area (Å²) in [5.74, 6) is -3.42. The second kappa shape index (κ2) is 6.59. The predicted octanol–water partition coefficient (Wildman–Crippen LogP) is 3.20. The molecule has 0 spiro atoms. The summed E-state index contributed by atoms with van der Waals surface area (Å²) < 4.78 is 45.1. The molecular weight excluding hydrogens is 377 g/mol. The molecule has 3 N–H and O–H groups in total. The van der Waals surface area contributed by atoms with Crippen LogP contribution in [0.1, 0.15) is 0 Å². The van der Waals surface area contributed by atoms with Crippen LogP contribution < -0.4 is 20.3 Å². The van der Waals surface area contributed by atoms with E-state index in [1.54, 1.807) is 18.3 Å². The number of nitrogens with zero attached hydrogens (tertiary/aromatic N) is 3. The van der Waals surface area contributed by atoms with Gasteiger partial charge in [-0.2, -0.15) is 0 Å². The zero-order valence-corrected chi connectivity index (χ0v) is 14.6. The van der Waals surface area contributed by atoms with Crippen molar-refractivity contribution in [1.82, 2.24) is 15.0 Å². The molecule has 3 aromatic rings. The number of methoxy groups -OCH3 is 1. The summed E-state index contributed by atoms with van der Waals surface area (Å²) in [6.07, 6.45) is 2.76. The van der Waals surface area contributed by atoms with Crippen molar-refractivity contribution in [2.75, 3.05) is 35.7 Å². The van der Waals surface area contributed by atoms with Gasteiger partial charge in [-0.15, -0.1) is 0 Å². The van der Waals surface area contributed by atoms with E-state index in [2.05, 4.69) is 25.6 Å². The average molecular weight is 392 g/mol. The Bertz CT molecular complexity index is 1050. The minimum Gasteiger partial charge on any atom is -0.481 e. The maximum absolute atomic E-state index is 14.1. The number of rotatable bonds is 4. The van der Waals surface area contributed by atoms with Gasteiger partial charge in [0.15, 0.2) is 11.6 Å². The summed E-state index contributed by atoms with van der Waals surface area (Å²) in [4.78, 5) is 24.4. The molecule has 4 rings (SSSR count). The molecule has 0 atom stereocenters. The average Bonchev–Trinajstić information content (AvgIpc) is 3.01. The molecule has 1 saturated heterocycles. The van der Waals surface area contributed by atoms with Crippen molar-refractivity contribution in [3.63, 3.8) is 0 Å². The van der Waals surface area contributed by atoms with Crippen LogP contribution in [0.4, 0.5) is 35.2 Å². The van der Waals surface area contributed by atoms with Gasteiger partial charge in [-0.3, -0.25) is 0 Å². The lowest BCUT2D eigenvalue weighted by molar-refractivity contribution is -0.0270. The lowest BCUT2D eigenvalue weighted by atomic mass is 10.1. The van der Waals surface area contributed by atoms with Gasteiger partial charge in [0.1, 0.15) is 5.52 Å². The van der Waals surface area contributed by atoms with Crippen molar-refractivity contribution < 1.29 is 22.7 Å². The van der Waals surface area contributed by atoms with Crippen molar-refractivity contribution >= 4 is 34.3 Å². The fraction of sp³-hybridized carbons (Fsp3) is 0.235. The van der Waals surface area contributed by atoms with Crippen LogP contribution in [0.3, 0.4) is 0 Å². The lowest BCUT2D eigenvalue weighted by Crippen LogP contribution is -2.57. The van der Waals surface area contributed by atoms with Crippen LogP contribution in [0.15, 0.2) is 30.6 Å². The third-order valence-corrected chi connectivity index (χ3v) is 4.18. The quantitative estimate of drug-likeness (QED) is 0.634. The number of carbonyl (C=O) groups excluding carboxylic acids is 1. The van der Waals surface area contributed by atoms with Gasteiger partial charge in [-0.1, -0.05) is 0 Å². The number of hydrogen-bond donors (Lipinski definition) is 3. The summed E-state index contributed by atoms with van der Waals surface area (Å²) in [6.45, 7) is -1.16. The van der Waals surface area contributed by atoms with Crippen LogP contribution in [0.5, 0.6) is 5.88 Å². The van der Waals surface area contributed by atoms with Crippen molar-refractivity contribution in [3.05, 3.63) is 36.4 Å². The van der Waals surface area contributed by atoms with E-state index in [1.807, 2.05) is 0 Å². The van der Waals surface area contributed by atoms with E-state index in [0.717, 1.165) is 11.0 Å². The lowest BCUT2D eigenvalue weighted by Gasteiger charge is -2.39. The number of aromatic amines is 1. The number of alkyl halides is 2. The van der Waals surface area contributed by atoms with Crippen molar-refractivity contribution in [2.24, 2.45) is 0 Å². The highest BCUT2D eigenvalue weighted by Crippen LogP contribution is 2.32. The van der Waals surface area contributed by atoms with Gasteiger partial charge in [0.05, 0.1) is 43.3 Å². The molecule has 1 aliphatic heterocycles. The SMILES string of the molecule is COc1ccc2[nH]cc(NC(=O)Nc3cnc(N4CC(F)(F)C4)c(F)c3)c2n1. The third kappa shape index (κ3) is 3.38. The van der Waals surface area contributed by atoms with E-state index in [9.17, 15) is 18.0 Å². The molecule has 2 amide bonds. The molecule has 0 unspecified atom stereocenters. The molecule has 0 aliphatic carbocycles. The first-order chi connectivity index (χ1) is 13.3. The number of halogens is 3. The summed E-state index contributed by atoms with van der Waals surface area (Å²) in [5, 5.41) is 5.04. The fourth-order valence-electron chi connectivity index (χ4n) is 2.87. The standard InChI is InChI=1S/C17H15F3N6O2/c1-28-13-3-2-11-14(25-13)12(6-21-11)24-16(27)23-9-4-10(18)15(22-5-9)26-7-17(19,20)8-26/h2-6,21H,7-8H2,1H3,(H2,23,24,27). The number of anilines is 3. The minimum absolute atomic E-state index is 0.0800.